The van der Waals surface area contributed by atoms with Crippen molar-refractivity contribution in [1.29, 1.82) is 0 Å². The molecule has 0 bridgehead atoms. The first kappa shape index (κ1) is 16.6. The van der Waals surface area contributed by atoms with Crippen molar-refractivity contribution < 1.29 is 14.3 Å². The SMILES string of the molecule is O=C(Cc1cnc2ccccn12)N[C@@H]1COCC[C@@H]1Oc1ccccc1. The summed E-state index contributed by atoms with van der Waals surface area (Å²) in [6.07, 6.45) is 4.56. The normalized spacial score (nSPS) is 20.0. The zero-order chi connectivity index (χ0) is 17.8. The lowest BCUT2D eigenvalue weighted by molar-refractivity contribution is -0.123. The summed E-state index contributed by atoms with van der Waals surface area (Å²) >= 11 is 0. The van der Waals surface area contributed by atoms with Gasteiger partial charge in [0.1, 0.15) is 17.5 Å². The topological polar surface area (TPSA) is 64.9 Å². The van der Waals surface area contributed by atoms with Crippen molar-refractivity contribution in [3.05, 3.63) is 66.6 Å². The highest BCUT2D eigenvalue weighted by molar-refractivity contribution is 5.78. The van der Waals surface area contributed by atoms with E-state index in [1.165, 1.54) is 0 Å². The van der Waals surface area contributed by atoms with Crippen LogP contribution in [0.1, 0.15) is 12.1 Å². The number of hydrogen-bond donors (Lipinski definition) is 1. The summed E-state index contributed by atoms with van der Waals surface area (Å²) < 4.78 is 13.5. The molecule has 4 rings (SSSR count). The third-order valence-corrected chi connectivity index (χ3v) is 4.51. The van der Waals surface area contributed by atoms with Gasteiger partial charge in [-0.2, -0.15) is 0 Å². The molecule has 3 aromatic rings. The summed E-state index contributed by atoms with van der Waals surface area (Å²) in [5.41, 5.74) is 1.69. The maximum Gasteiger partial charge on any atom is 0.226 e. The van der Waals surface area contributed by atoms with Gasteiger partial charge in [-0.05, 0) is 24.3 Å². The maximum absolute atomic E-state index is 12.6. The van der Waals surface area contributed by atoms with Gasteiger partial charge in [-0.3, -0.25) is 4.79 Å². The number of carbonyl (C=O) groups is 1. The Morgan fingerprint density at radius 2 is 2.08 bits per heavy atom. The van der Waals surface area contributed by atoms with Gasteiger partial charge in [-0.25, -0.2) is 4.98 Å². The Kier molecular flexibility index (Phi) is 4.84. The molecule has 1 fully saturated rings. The van der Waals surface area contributed by atoms with Gasteiger partial charge < -0.3 is 19.2 Å². The van der Waals surface area contributed by atoms with Crippen LogP contribution in [0, 0.1) is 0 Å². The fraction of sp³-hybridized carbons (Fsp3) is 0.300. The second kappa shape index (κ2) is 7.58. The van der Waals surface area contributed by atoms with E-state index < -0.39 is 0 Å². The minimum atomic E-state index is -0.171. The van der Waals surface area contributed by atoms with Gasteiger partial charge >= 0.3 is 0 Å². The number of nitrogens with one attached hydrogen (secondary N) is 1. The number of ether oxygens (including phenoxy) is 2. The first-order chi connectivity index (χ1) is 12.8. The van der Waals surface area contributed by atoms with Crippen molar-refractivity contribution in [2.24, 2.45) is 0 Å². The molecule has 1 aliphatic rings. The van der Waals surface area contributed by atoms with Crippen LogP contribution in [-0.4, -0.2) is 40.7 Å². The van der Waals surface area contributed by atoms with E-state index in [1.807, 2.05) is 59.1 Å². The number of fused-ring (bicyclic) bond motifs is 1. The number of carbonyl (C=O) groups excluding carboxylic acids is 1. The van der Waals surface area contributed by atoms with Gasteiger partial charge in [-0.15, -0.1) is 0 Å². The first-order valence-electron chi connectivity index (χ1n) is 8.79. The highest BCUT2D eigenvalue weighted by Crippen LogP contribution is 2.18. The van der Waals surface area contributed by atoms with Crippen LogP contribution >= 0.6 is 0 Å². The number of benzene rings is 1. The Labute approximate surface area is 151 Å². The molecule has 2 atom stereocenters. The van der Waals surface area contributed by atoms with Crippen molar-refractivity contribution >= 4 is 11.6 Å². The Morgan fingerprint density at radius 3 is 2.96 bits per heavy atom. The highest BCUT2D eigenvalue weighted by Gasteiger charge is 2.29. The fourth-order valence-electron chi connectivity index (χ4n) is 3.21. The second-order valence-corrected chi connectivity index (χ2v) is 6.36. The summed E-state index contributed by atoms with van der Waals surface area (Å²) in [6, 6.07) is 15.3. The molecule has 1 saturated heterocycles. The van der Waals surface area contributed by atoms with Gasteiger partial charge in [0.2, 0.25) is 5.91 Å². The first-order valence-corrected chi connectivity index (χ1v) is 8.79. The number of imidazole rings is 1. The van der Waals surface area contributed by atoms with Crippen molar-refractivity contribution in [1.82, 2.24) is 14.7 Å². The molecule has 0 unspecified atom stereocenters. The van der Waals surface area contributed by atoms with Gasteiger partial charge in [-0.1, -0.05) is 24.3 Å². The van der Waals surface area contributed by atoms with Crippen LogP contribution in [0.2, 0.25) is 0 Å². The Bertz CT molecular complexity index is 878. The van der Waals surface area contributed by atoms with E-state index in [9.17, 15) is 4.79 Å². The van der Waals surface area contributed by atoms with Crippen LogP contribution in [0.25, 0.3) is 5.65 Å². The predicted molar refractivity (Wildman–Crippen MR) is 97.1 cm³/mol. The smallest absolute Gasteiger partial charge is 0.226 e. The summed E-state index contributed by atoms with van der Waals surface area (Å²) in [7, 11) is 0. The van der Waals surface area contributed by atoms with Crippen LogP contribution in [0.3, 0.4) is 0 Å². The van der Waals surface area contributed by atoms with Crippen LogP contribution in [0.5, 0.6) is 5.75 Å². The molecule has 6 heteroatoms. The fourth-order valence-corrected chi connectivity index (χ4v) is 3.21. The molecular formula is C20H21N3O3. The van der Waals surface area contributed by atoms with Gasteiger partial charge in [0.05, 0.1) is 31.4 Å². The molecule has 1 aromatic carbocycles. The highest BCUT2D eigenvalue weighted by atomic mass is 16.5. The largest absolute Gasteiger partial charge is 0.488 e. The van der Waals surface area contributed by atoms with E-state index in [1.54, 1.807) is 6.20 Å². The molecule has 0 aliphatic carbocycles. The summed E-state index contributed by atoms with van der Waals surface area (Å²) in [4.78, 5) is 16.9. The van der Waals surface area contributed by atoms with Gasteiger partial charge in [0.15, 0.2) is 0 Å². The van der Waals surface area contributed by atoms with E-state index in [-0.39, 0.29) is 24.5 Å². The second-order valence-electron chi connectivity index (χ2n) is 6.36. The number of para-hydroxylation sites is 1. The van der Waals surface area contributed by atoms with Crippen molar-refractivity contribution in [2.45, 2.75) is 25.0 Å². The molecule has 1 amide bonds. The minimum absolute atomic E-state index is 0.0622. The predicted octanol–water partition coefficient (Wildman–Crippen LogP) is 2.23. The quantitative estimate of drug-likeness (QED) is 0.766. The molecular weight excluding hydrogens is 330 g/mol. The molecule has 2 aromatic heterocycles. The van der Waals surface area contributed by atoms with Gasteiger partial charge in [0, 0.05) is 18.8 Å². The Hall–Kier alpha value is -2.86. The van der Waals surface area contributed by atoms with E-state index in [0.29, 0.717) is 13.2 Å². The molecule has 134 valence electrons. The van der Waals surface area contributed by atoms with E-state index in [0.717, 1.165) is 23.5 Å². The molecule has 6 nitrogen and oxygen atoms in total. The third-order valence-electron chi connectivity index (χ3n) is 4.51. The number of pyridine rings is 1. The molecule has 26 heavy (non-hydrogen) atoms. The minimum Gasteiger partial charge on any atom is -0.488 e. The summed E-state index contributed by atoms with van der Waals surface area (Å²) in [5, 5.41) is 3.06. The number of rotatable bonds is 5. The molecule has 1 aliphatic heterocycles. The monoisotopic (exact) mass is 351 g/mol. The van der Waals surface area contributed by atoms with Crippen molar-refractivity contribution in [3.63, 3.8) is 0 Å². The number of amides is 1. The number of nitrogens with zero attached hydrogens (tertiary/aromatic N) is 2. The zero-order valence-corrected chi connectivity index (χ0v) is 14.4. The molecule has 0 saturated carbocycles. The summed E-state index contributed by atoms with van der Waals surface area (Å²) in [6.45, 7) is 1.09. The molecule has 0 radical (unpaired) electrons. The Balaban J connectivity index is 1.41. The van der Waals surface area contributed by atoms with Crippen molar-refractivity contribution in [2.75, 3.05) is 13.2 Å². The van der Waals surface area contributed by atoms with E-state index in [4.69, 9.17) is 9.47 Å². The van der Waals surface area contributed by atoms with Crippen LogP contribution < -0.4 is 10.1 Å². The lowest BCUT2D eigenvalue weighted by Crippen LogP contribution is -2.52. The summed E-state index contributed by atoms with van der Waals surface area (Å²) in [5.74, 6) is 0.744. The molecule has 1 N–H and O–H groups in total. The average Bonchev–Trinajstić information content (AvgIpc) is 3.07. The third kappa shape index (κ3) is 3.70. The lowest BCUT2D eigenvalue weighted by atomic mass is 10.1. The van der Waals surface area contributed by atoms with Gasteiger partial charge in [0.25, 0.3) is 0 Å². The maximum atomic E-state index is 12.6. The standard InChI is InChI=1S/C20H21N3O3/c24-20(12-15-13-21-19-8-4-5-10-23(15)19)22-17-14-25-11-9-18(17)26-16-6-2-1-3-7-16/h1-8,10,13,17-18H,9,11-12,14H2,(H,22,24)/t17-,18+/m1/s1. The Morgan fingerprint density at radius 1 is 1.23 bits per heavy atom. The van der Waals surface area contributed by atoms with Crippen LogP contribution in [0.4, 0.5) is 0 Å². The van der Waals surface area contributed by atoms with Crippen LogP contribution in [-0.2, 0) is 16.0 Å². The zero-order valence-electron chi connectivity index (χ0n) is 14.4. The number of aromatic nitrogens is 2. The average molecular weight is 351 g/mol. The van der Waals surface area contributed by atoms with E-state index in [2.05, 4.69) is 10.3 Å². The molecule has 3 heterocycles. The lowest BCUT2D eigenvalue weighted by Gasteiger charge is -2.32. The van der Waals surface area contributed by atoms with Crippen molar-refractivity contribution in [3.8, 4) is 5.75 Å². The van der Waals surface area contributed by atoms with Crippen LogP contribution in [0.15, 0.2) is 60.9 Å². The number of hydrogen-bond acceptors (Lipinski definition) is 4. The van der Waals surface area contributed by atoms with E-state index >= 15 is 0 Å². The molecule has 0 spiro atoms.